The Morgan fingerprint density at radius 1 is 1.09 bits per heavy atom. The van der Waals surface area contributed by atoms with Gasteiger partial charge >= 0.3 is 0 Å². The molecule has 0 amide bonds. The molecule has 0 fully saturated rings. The third-order valence-electron chi connectivity index (χ3n) is 4.03. The molecule has 23 heavy (non-hydrogen) atoms. The van der Waals surface area contributed by atoms with Crippen LogP contribution in [0.2, 0.25) is 0 Å². The van der Waals surface area contributed by atoms with Crippen molar-refractivity contribution in [1.29, 1.82) is 0 Å². The van der Waals surface area contributed by atoms with Crippen LogP contribution in [-0.4, -0.2) is 9.55 Å². The summed E-state index contributed by atoms with van der Waals surface area (Å²) in [4.78, 5) is 17.7. The first-order chi connectivity index (χ1) is 11.2. The highest BCUT2D eigenvalue weighted by Crippen LogP contribution is 2.15. The highest BCUT2D eigenvalue weighted by atomic mass is 16.1. The molecule has 1 aromatic heterocycles. The Morgan fingerprint density at radius 2 is 1.83 bits per heavy atom. The second kappa shape index (κ2) is 6.75. The Kier molecular flexibility index (Phi) is 4.53. The summed E-state index contributed by atoms with van der Waals surface area (Å²) in [5.41, 5.74) is 8.30. The molecule has 2 N–H and O–H groups in total. The Balaban J connectivity index is 2.22. The summed E-state index contributed by atoms with van der Waals surface area (Å²) < 4.78 is 1.73. The van der Waals surface area contributed by atoms with E-state index in [0.717, 1.165) is 41.9 Å². The van der Waals surface area contributed by atoms with Gasteiger partial charge in [0.2, 0.25) is 0 Å². The van der Waals surface area contributed by atoms with Crippen molar-refractivity contribution in [2.24, 2.45) is 5.73 Å². The van der Waals surface area contributed by atoms with Gasteiger partial charge in [-0.3, -0.25) is 9.36 Å². The first kappa shape index (κ1) is 15.4. The third-order valence-corrected chi connectivity index (χ3v) is 4.03. The van der Waals surface area contributed by atoms with Crippen LogP contribution in [0, 0.1) is 0 Å². The molecule has 0 bridgehead atoms. The molecule has 3 rings (SSSR count). The van der Waals surface area contributed by atoms with Crippen molar-refractivity contribution in [3.8, 4) is 5.69 Å². The van der Waals surface area contributed by atoms with Crippen LogP contribution in [-0.2, 0) is 13.0 Å². The highest BCUT2D eigenvalue weighted by molar-refractivity contribution is 5.77. The smallest absolute Gasteiger partial charge is 0.265 e. The van der Waals surface area contributed by atoms with Crippen LogP contribution in [0.15, 0.2) is 53.3 Å². The molecule has 0 radical (unpaired) electrons. The molecule has 0 spiro atoms. The quantitative estimate of drug-likeness (QED) is 0.787. The number of nitrogens with two attached hydrogens (primary N) is 1. The first-order valence-corrected chi connectivity index (χ1v) is 8.04. The van der Waals surface area contributed by atoms with E-state index in [1.54, 1.807) is 4.57 Å². The lowest BCUT2D eigenvalue weighted by molar-refractivity contribution is 0.720. The van der Waals surface area contributed by atoms with E-state index in [4.69, 9.17) is 10.7 Å². The fourth-order valence-corrected chi connectivity index (χ4v) is 2.73. The molecule has 0 aliphatic heterocycles. The molecule has 0 saturated carbocycles. The molecular weight excluding hydrogens is 286 g/mol. The number of aryl methyl sites for hydroxylation is 1. The Hall–Kier alpha value is -2.46. The predicted molar refractivity (Wildman–Crippen MR) is 93.8 cm³/mol. The monoisotopic (exact) mass is 307 g/mol. The van der Waals surface area contributed by atoms with Crippen molar-refractivity contribution in [1.82, 2.24) is 9.55 Å². The van der Waals surface area contributed by atoms with E-state index >= 15 is 0 Å². The molecule has 3 aromatic rings. The lowest BCUT2D eigenvalue weighted by atomic mass is 10.1. The van der Waals surface area contributed by atoms with Crippen LogP contribution < -0.4 is 11.3 Å². The van der Waals surface area contributed by atoms with Gasteiger partial charge < -0.3 is 5.73 Å². The number of hydrogen-bond donors (Lipinski definition) is 1. The summed E-state index contributed by atoms with van der Waals surface area (Å²) in [6, 6.07) is 15.3. The average molecular weight is 307 g/mol. The Labute approximate surface area is 135 Å². The number of fused-ring (bicyclic) bond motifs is 1. The molecule has 0 atom stereocenters. The van der Waals surface area contributed by atoms with Gasteiger partial charge in [0.05, 0.1) is 16.6 Å². The number of rotatable bonds is 5. The summed E-state index contributed by atoms with van der Waals surface area (Å²) in [5, 5.41) is 0.649. The number of aromatic nitrogens is 2. The topological polar surface area (TPSA) is 60.9 Å². The van der Waals surface area contributed by atoms with E-state index in [0.29, 0.717) is 11.9 Å². The molecule has 0 saturated heterocycles. The zero-order valence-electron chi connectivity index (χ0n) is 13.3. The van der Waals surface area contributed by atoms with Gasteiger partial charge in [-0.25, -0.2) is 4.98 Å². The van der Waals surface area contributed by atoms with Crippen LogP contribution in [0.5, 0.6) is 0 Å². The molecule has 0 aliphatic rings. The molecule has 4 heteroatoms. The van der Waals surface area contributed by atoms with Crippen LogP contribution in [0.25, 0.3) is 16.6 Å². The standard InChI is InChI=1S/C19H21N3O/c1-2-3-8-18-21-17-7-5-4-6-16(17)19(23)22(18)15-11-9-14(13-20)10-12-15/h4-7,9-12H,2-3,8,13,20H2,1H3. The van der Waals surface area contributed by atoms with E-state index in [-0.39, 0.29) is 5.56 Å². The highest BCUT2D eigenvalue weighted by Gasteiger charge is 2.12. The summed E-state index contributed by atoms with van der Waals surface area (Å²) >= 11 is 0. The van der Waals surface area contributed by atoms with Gasteiger partial charge in [-0.2, -0.15) is 0 Å². The van der Waals surface area contributed by atoms with Gasteiger partial charge in [-0.1, -0.05) is 37.6 Å². The van der Waals surface area contributed by atoms with Gasteiger partial charge in [-0.15, -0.1) is 0 Å². The Morgan fingerprint density at radius 3 is 2.52 bits per heavy atom. The Bertz CT molecular complexity index is 866. The molecular formula is C19H21N3O. The van der Waals surface area contributed by atoms with Crippen molar-refractivity contribution in [3.63, 3.8) is 0 Å². The van der Waals surface area contributed by atoms with E-state index < -0.39 is 0 Å². The molecule has 118 valence electrons. The maximum atomic E-state index is 13.0. The maximum Gasteiger partial charge on any atom is 0.265 e. The maximum absolute atomic E-state index is 13.0. The SMILES string of the molecule is CCCCc1nc2ccccc2c(=O)n1-c1ccc(CN)cc1. The van der Waals surface area contributed by atoms with Gasteiger partial charge in [-0.05, 0) is 36.2 Å². The number of hydrogen-bond acceptors (Lipinski definition) is 3. The fraction of sp³-hybridized carbons (Fsp3) is 0.263. The molecule has 1 heterocycles. The minimum absolute atomic E-state index is 0.0119. The van der Waals surface area contributed by atoms with Crippen LogP contribution in [0.4, 0.5) is 0 Å². The number of nitrogens with zero attached hydrogens (tertiary/aromatic N) is 2. The van der Waals surface area contributed by atoms with E-state index in [1.165, 1.54) is 0 Å². The van der Waals surface area contributed by atoms with E-state index in [1.807, 2.05) is 48.5 Å². The largest absolute Gasteiger partial charge is 0.326 e. The minimum atomic E-state index is -0.0119. The lowest BCUT2D eigenvalue weighted by Gasteiger charge is -2.14. The fourth-order valence-electron chi connectivity index (χ4n) is 2.73. The van der Waals surface area contributed by atoms with Gasteiger partial charge in [0.1, 0.15) is 5.82 Å². The normalized spacial score (nSPS) is 11.0. The van der Waals surface area contributed by atoms with Gasteiger partial charge in [0.15, 0.2) is 0 Å². The summed E-state index contributed by atoms with van der Waals surface area (Å²) in [7, 11) is 0. The zero-order chi connectivity index (χ0) is 16.2. The first-order valence-electron chi connectivity index (χ1n) is 8.04. The van der Waals surface area contributed by atoms with Crippen LogP contribution in [0.1, 0.15) is 31.2 Å². The number of para-hydroxylation sites is 1. The molecule has 0 aliphatic carbocycles. The van der Waals surface area contributed by atoms with Crippen LogP contribution in [0.3, 0.4) is 0 Å². The van der Waals surface area contributed by atoms with Gasteiger partial charge in [0.25, 0.3) is 5.56 Å². The van der Waals surface area contributed by atoms with E-state index in [2.05, 4.69) is 6.92 Å². The number of benzene rings is 2. The van der Waals surface area contributed by atoms with Crippen molar-refractivity contribution >= 4 is 10.9 Å². The minimum Gasteiger partial charge on any atom is -0.326 e. The molecule has 4 nitrogen and oxygen atoms in total. The molecule has 0 unspecified atom stereocenters. The number of unbranched alkanes of at least 4 members (excludes halogenated alkanes) is 1. The third kappa shape index (κ3) is 3.03. The predicted octanol–water partition coefficient (Wildman–Crippen LogP) is 3.19. The second-order valence-corrected chi connectivity index (χ2v) is 5.66. The zero-order valence-corrected chi connectivity index (χ0v) is 13.3. The van der Waals surface area contributed by atoms with E-state index in [9.17, 15) is 4.79 Å². The summed E-state index contributed by atoms with van der Waals surface area (Å²) in [5.74, 6) is 0.816. The molecule has 2 aromatic carbocycles. The van der Waals surface area contributed by atoms with Crippen LogP contribution >= 0.6 is 0 Å². The second-order valence-electron chi connectivity index (χ2n) is 5.66. The van der Waals surface area contributed by atoms with Crippen molar-refractivity contribution < 1.29 is 0 Å². The van der Waals surface area contributed by atoms with Gasteiger partial charge in [0, 0.05) is 13.0 Å². The van der Waals surface area contributed by atoms with Crippen molar-refractivity contribution in [2.45, 2.75) is 32.7 Å². The van der Waals surface area contributed by atoms with Crippen molar-refractivity contribution in [3.05, 3.63) is 70.3 Å². The summed E-state index contributed by atoms with van der Waals surface area (Å²) in [6.07, 6.45) is 2.86. The van der Waals surface area contributed by atoms with Crippen molar-refractivity contribution in [2.75, 3.05) is 0 Å². The average Bonchev–Trinajstić information content (AvgIpc) is 2.60. The summed E-state index contributed by atoms with van der Waals surface area (Å²) in [6.45, 7) is 2.63. The lowest BCUT2D eigenvalue weighted by Crippen LogP contribution is -2.24.